The molecule has 1 aliphatic carbocycles. The number of piperidine rings is 1. The molecule has 0 radical (unpaired) electrons. The standard InChI is InChI=1S/C13H13NO3/c1-8-2-4-9(5-3-8)13-6-10(13)11(15)14(7-13)12(16)17/h2-5,10H,6-7H2,1H3,(H,16,17). The highest BCUT2D eigenvalue weighted by Gasteiger charge is 2.67. The van der Waals surface area contributed by atoms with Gasteiger partial charge in [0, 0.05) is 12.0 Å². The van der Waals surface area contributed by atoms with Gasteiger partial charge in [0.2, 0.25) is 5.91 Å². The fraction of sp³-hybridized carbons (Fsp3) is 0.385. The van der Waals surface area contributed by atoms with Gasteiger partial charge < -0.3 is 5.11 Å². The van der Waals surface area contributed by atoms with Crippen molar-refractivity contribution in [3.8, 4) is 0 Å². The van der Waals surface area contributed by atoms with E-state index in [0.29, 0.717) is 6.54 Å². The molecular formula is C13H13NO3. The molecule has 1 heterocycles. The van der Waals surface area contributed by atoms with E-state index in [2.05, 4.69) is 0 Å². The highest BCUT2D eigenvalue weighted by Crippen LogP contribution is 2.59. The largest absolute Gasteiger partial charge is 0.465 e. The molecule has 0 aromatic heterocycles. The number of aryl methyl sites for hydroxylation is 1. The molecule has 2 unspecified atom stereocenters. The molecule has 1 aliphatic heterocycles. The first-order valence-corrected chi connectivity index (χ1v) is 5.66. The predicted octanol–water partition coefficient (Wildman–Crippen LogP) is 1.77. The van der Waals surface area contributed by atoms with Gasteiger partial charge in [-0.1, -0.05) is 29.8 Å². The first kappa shape index (κ1) is 10.3. The lowest BCUT2D eigenvalue weighted by Gasteiger charge is -2.16. The topological polar surface area (TPSA) is 57.6 Å². The third-order valence-corrected chi connectivity index (χ3v) is 3.94. The van der Waals surface area contributed by atoms with Crippen molar-refractivity contribution in [1.82, 2.24) is 4.90 Å². The van der Waals surface area contributed by atoms with Gasteiger partial charge in [-0.3, -0.25) is 4.79 Å². The van der Waals surface area contributed by atoms with Crippen LogP contribution in [0, 0.1) is 12.8 Å². The fourth-order valence-corrected chi connectivity index (χ4v) is 2.81. The number of carbonyl (C=O) groups is 2. The summed E-state index contributed by atoms with van der Waals surface area (Å²) in [6.07, 6.45) is -0.340. The Bertz CT molecular complexity index is 508. The number of rotatable bonds is 1. The minimum absolute atomic E-state index is 0.124. The lowest BCUT2D eigenvalue weighted by atomic mass is 9.94. The van der Waals surface area contributed by atoms with Gasteiger partial charge in [0.25, 0.3) is 0 Å². The number of hydrogen-bond acceptors (Lipinski definition) is 2. The first-order chi connectivity index (χ1) is 8.04. The van der Waals surface area contributed by atoms with Crippen molar-refractivity contribution < 1.29 is 14.7 Å². The van der Waals surface area contributed by atoms with Crippen LogP contribution in [0.15, 0.2) is 24.3 Å². The van der Waals surface area contributed by atoms with E-state index in [-0.39, 0.29) is 17.2 Å². The van der Waals surface area contributed by atoms with Crippen LogP contribution in [-0.4, -0.2) is 28.6 Å². The Morgan fingerprint density at radius 2 is 2.06 bits per heavy atom. The van der Waals surface area contributed by atoms with Crippen LogP contribution in [0.4, 0.5) is 4.79 Å². The number of hydrogen-bond donors (Lipinski definition) is 1. The van der Waals surface area contributed by atoms with E-state index >= 15 is 0 Å². The van der Waals surface area contributed by atoms with E-state index in [1.54, 1.807) is 0 Å². The molecule has 1 saturated heterocycles. The smallest absolute Gasteiger partial charge is 0.414 e. The average Bonchev–Trinajstić information content (AvgIpc) is 2.95. The van der Waals surface area contributed by atoms with E-state index in [1.807, 2.05) is 31.2 Å². The van der Waals surface area contributed by atoms with Crippen LogP contribution in [0.1, 0.15) is 17.5 Å². The molecule has 4 heteroatoms. The Hall–Kier alpha value is -1.84. The lowest BCUT2D eigenvalue weighted by molar-refractivity contribution is -0.128. The molecular weight excluding hydrogens is 218 g/mol. The highest BCUT2D eigenvalue weighted by molar-refractivity contribution is 5.98. The van der Waals surface area contributed by atoms with Crippen molar-refractivity contribution in [3.63, 3.8) is 0 Å². The van der Waals surface area contributed by atoms with Crippen LogP contribution >= 0.6 is 0 Å². The number of carboxylic acid groups (broad SMARTS) is 1. The van der Waals surface area contributed by atoms with Gasteiger partial charge in [-0.05, 0) is 18.9 Å². The van der Waals surface area contributed by atoms with Gasteiger partial charge in [0.1, 0.15) is 0 Å². The summed E-state index contributed by atoms with van der Waals surface area (Å²) in [7, 11) is 0. The molecule has 2 aliphatic rings. The summed E-state index contributed by atoms with van der Waals surface area (Å²) in [4.78, 5) is 23.6. The monoisotopic (exact) mass is 231 g/mol. The number of nitrogens with zero attached hydrogens (tertiary/aromatic N) is 1. The summed E-state index contributed by atoms with van der Waals surface area (Å²) < 4.78 is 0. The van der Waals surface area contributed by atoms with Crippen molar-refractivity contribution in [3.05, 3.63) is 35.4 Å². The second-order valence-corrected chi connectivity index (χ2v) is 4.99. The molecule has 2 atom stereocenters. The summed E-state index contributed by atoms with van der Waals surface area (Å²) in [6, 6.07) is 8.03. The van der Waals surface area contributed by atoms with Crippen LogP contribution in [0.25, 0.3) is 0 Å². The average molecular weight is 231 g/mol. The number of carbonyl (C=O) groups excluding carboxylic acids is 1. The lowest BCUT2D eigenvalue weighted by Crippen LogP contribution is -2.34. The quantitative estimate of drug-likeness (QED) is 0.801. The molecule has 1 saturated carbocycles. The second-order valence-electron chi connectivity index (χ2n) is 4.99. The summed E-state index contributed by atoms with van der Waals surface area (Å²) in [5.41, 5.74) is 2.02. The Labute approximate surface area is 98.9 Å². The van der Waals surface area contributed by atoms with Crippen molar-refractivity contribution in [2.75, 3.05) is 6.54 Å². The molecule has 2 amide bonds. The zero-order valence-corrected chi connectivity index (χ0v) is 9.51. The van der Waals surface area contributed by atoms with Crippen molar-refractivity contribution >= 4 is 12.0 Å². The van der Waals surface area contributed by atoms with E-state index < -0.39 is 6.09 Å². The van der Waals surface area contributed by atoms with E-state index in [4.69, 9.17) is 5.11 Å². The third-order valence-electron chi connectivity index (χ3n) is 3.94. The molecule has 2 fully saturated rings. The number of benzene rings is 1. The number of imide groups is 1. The van der Waals surface area contributed by atoms with Crippen LogP contribution in [-0.2, 0) is 10.2 Å². The van der Waals surface area contributed by atoms with Gasteiger partial charge in [-0.15, -0.1) is 0 Å². The zero-order valence-electron chi connectivity index (χ0n) is 9.51. The van der Waals surface area contributed by atoms with Gasteiger partial charge in [-0.2, -0.15) is 0 Å². The maximum Gasteiger partial charge on any atom is 0.414 e. The predicted molar refractivity (Wildman–Crippen MR) is 60.7 cm³/mol. The minimum Gasteiger partial charge on any atom is -0.465 e. The molecule has 88 valence electrons. The molecule has 4 nitrogen and oxygen atoms in total. The molecule has 3 rings (SSSR count). The molecule has 17 heavy (non-hydrogen) atoms. The first-order valence-electron chi connectivity index (χ1n) is 5.66. The van der Waals surface area contributed by atoms with Crippen LogP contribution in [0.2, 0.25) is 0 Å². The molecule has 0 bridgehead atoms. The van der Waals surface area contributed by atoms with Gasteiger partial charge in [0.05, 0.1) is 5.92 Å². The van der Waals surface area contributed by atoms with Crippen LogP contribution in [0.5, 0.6) is 0 Å². The maximum absolute atomic E-state index is 11.8. The van der Waals surface area contributed by atoms with Gasteiger partial charge in [0.15, 0.2) is 0 Å². The van der Waals surface area contributed by atoms with E-state index in [0.717, 1.165) is 16.9 Å². The van der Waals surface area contributed by atoms with Crippen molar-refractivity contribution in [2.24, 2.45) is 5.92 Å². The molecule has 0 spiro atoms. The van der Waals surface area contributed by atoms with E-state index in [1.165, 1.54) is 5.56 Å². The second kappa shape index (κ2) is 3.09. The maximum atomic E-state index is 11.8. The highest BCUT2D eigenvalue weighted by atomic mass is 16.4. The normalized spacial score (nSPS) is 30.3. The molecule has 1 N–H and O–H groups in total. The minimum atomic E-state index is -1.13. The summed E-state index contributed by atoms with van der Waals surface area (Å²) in [5, 5.41) is 8.93. The summed E-state index contributed by atoms with van der Waals surface area (Å²) in [6.45, 7) is 2.32. The fourth-order valence-electron chi connectivity index (χ4n) is 2.81. The Kier molecular flexibility index (Phi) is 1.88. The SMILES string of the molecule is Cc1ccc(C23CC2C(=O)N(C(=O)O)C3)cc1. The summed E-state index contributed by atoms with van der Waals surface area (Å²) >= 11 is 0. The number of fused-ring (bicyclic) bond motifs is 1. The van der Waals surface area contributed by atoms with Crippen LogP contribution < -0.4 is 0 Å². The number of amides is 2. The Morgan fingerprint density at radius 1 is 1.41 bits per heavy atom. The zero-order chi connectivity index (χ0) is 12.2. The van der Waals surface area contributed by atoms with Crippen molar-refractivity contribution in [2.45, 2.75) is 18.8 Å². The number of likely N-dealkylation sites (tertiary alicyclic amines) is 1. The van der Waals surface area contributed by atoms with Crippen molar-refractivity contribution in [1.29, 1.82) is 0 Å². The van der Waals surface area contributed by atoms with E-state index in [9.17, 15) is 9.59 Å². The van der Waals surface area contributed by atoms with Crippen LogP contribution in [0.3, 0.4) is 0 Å². The summed E-state index contributed by atoms with van der Waals surface area (Å²) in [5.74, 6) is -0.362. The third kappa shape index (κ3) is 1.30. The molecule has 1 aromatic carbocycles. The Morgan fingerprint density at radius 3 is 2.59 bits per heavy atom. The Balaban J connectivity index is 1.94. The van der Waals surface area contributed by atoms with Gasteiger partial charge >= 0.3 is 6.09 Å². The molecule has 1 aromatic rings. The van der Waals surface area contributed by atoms with Gasteiger partial charge in [-0.25, -0.2) is 9.69 Å².